The Bertz CT molecular complexity index is 965. The topological polar surface area (TPSA) is 67.2 Å². The molecule has 0 aliphatic heterocycles. The van der Waals surface area contributed by atoms with Gasteiger partial charge in [0.2, 0.25) is 0 Å². The summed E-state index contributed by atoms with van der Waals surface area (Å²) in [5.74, 6) is 0.296. The zero-order valence-corrected chi connectivity index (χ0v) is 17.5. The van der Waals surface area contributed by atoms with Crippen molar-refractivity contribution in [1.29, 1.82) is 0 Å². The lowest BCUT2D eigenvalue weighted by Crippen LogP contribution is -2.19. The highest BCUT2D eigenvalue weighted by molar-refractivity contribution is 8.03. The molecule has 28 heavy (non-hydrogen) atoms. The third kappa shape index (κ3) is 6.59. The third-order valence-electron chi connectivity index (χ3n) is 3.30. The highest BCUT2D eigenvalue weighted by Crippen LogP contribution is 2.32. The van der Waals surface area contributed by atoms with Crippen LogP contribution in [0.3, 0.4) is 0 Å². The zero-order chi connectivity index (χ0) is 19.8. The van der Waals surface area contributed by atoms with Gasteiger partial charge in [0.25, 0.3) is 5.91 Å². The second-order valence-corrected chi connectivity index (χ2v) is 9.18. The number of benzene rings is 2. The Morgan fingerprint density at radius 3 is 2.61 bits per heavy atom. The number of hydrogen-bond acceptors (Lipinski definition) is 7. The number of thioether (sulfide) groups is 2. The highest BCUT2D eigenvalue weighted by Gasteiger charge is 2.09. The van der Waals surface area contributed by atoms with Crippen molar-refractivity contribution in [1.82, 2.24) is 15.6 Å². The van der Waals surface area contributed by atoms with Gasteiger partial charge in [-0.1, -0.05) is 76.8 Å². The summed E-state index contributed by atoms with van der Waals surface area (Å²) in [6.45, 7) is 0. The molecule has 3 rings (SSSR count). The van der Waals surface area contributed by atoms with E-state index in [0.717, 1.165) is 14.9 Å². The van der Waals surface area contributed by atoms with E-state index < -0.39 is 0 Å². The van der Waals surface area contributed by atoms with Gasteiger partial charge in [-0.3, -0.25) is 4.79 Å². The Balaban J connectivity index is 1.41. The van der Waals surface area contributed by atoms with Crippen LogP contribution < -0.4 is 5.43 Å². The molecule has 0 bridgehead atoms. The quantitative estimate of drug-likeness (QED) is 0.300. The molecule has 3 aromatic rings. The van der Waals surface area contributed by atoms with Crippen LogP contribution >= 0.6 is 46.5 Å². The van der Waals surface area contributed by atoms with E-state index in [1.54, 1.807) is 23.9 Å². The molecule has 5 nitrogen and oxygen atoms in total. The fraction of sp³-hybridized carbons (Fsp3) is 0.111. The molecule has 0 radical (unpaired) electrons. The number of rotatable bonds is 8. The van der Waals surface area contributed by atoms with Crippen LogP contribution in [0.5, 0.6) is 0 Å². The van der Waals surface area contributed by atoms with Gasteiger partial charge < -0.3 is 0 Å². The maximum absolute atomic E-state index is 12.8. The normalized spacial score (nSPS) is 11.1. The maximum Gasteiger partial charge on any atom is 0.250 e. The lowest BCUT2D eigenvalue weighted by Gasteiger charge is -2.00. The van der Waals surface area contributed by atoms with E-state index in [9.17, 15) is 9.18 Å². The first kappa shape index (κ1) is 20.8. The molecule has 0 fully saturated rings. The molecular formula is C18H14ClFN4OS3. The Morgan fingerprint density at radius 2 is 1.86 bits per heavy atom. The van der Waals surface area contributed by atoms with Crippen molar-refractivity contribution in [3.63, 3.8) is 0 Å². The first-order valence-corrected chi connectivity index (χ1v) is 11.2. The average Bonchev–Trinajstić information content (AvgIpc) is 3.15. The number of carbonyl (C=O) groups is 1. The lowest BCUT2D eigenvalue weighted by molar-refractivity contribution is -0.118. The van der Waals surface area contributed by atoms with Gasteiger partial charge in [0.15, 0.2) is 8.68 Å². The Hall–Kier alpha value is -1.94. The number of aromatic nitrogens is 2. The number of amides is 1. The summed E-state index contributed by atoms with van der Waals surface area (Å²) in [4.78, 5) is 11.8. The van der Waals surface area contributed by atoms with Gasteiger partial charge in [-0.25, -0.2) is 9.82 Å². The molecule has 0 saturated carbocycles. The minimum Gasteiger partial charge on any atom is -0.272 e. The Morgan fingerprint density at radius 1 is 1.14 bits per heavy atom. The van der Waals surface area contributed by atoms with Crippen molar-refractivity contribution in [2.24, 2.45) is 5.10 Å². The van der Waals surface area contributed by atoms with Crippen molar-refractivity contribution in [2.45, 2.75) is 14.4 Å². The van der Waals surface area contributed by atoms with Crippen molar-refractivity contribution >= 4 is 58.6 Å². The number of carbonyl (C=O) groups excluding carboxylic acids is 1. The number of hydrogen-bond donors (Lipinski definition) is 1. The first-order chi connectivity index (χ1) is 13.6. The average molecular weight is 453 g/mol. The van der Waals surface area contributed by atoms with Crippen LogP contribution in [0.15, 0.2) is 62.3 Å². The van der Waals surface area contributed by atoms with Gasteiger partial charge in [-0.05, 0) is 29.3 Å². The standard InChI is InChI=1S/C18H14ClFN4OS3/c19-15-4-2-1-3-13(15)10-26-17-23-24-18(28-17)27-11-16(25)22-21-9-12-5-7-14(20)8-6-12/h1-9H,10-11H2,(H,22,25)/b21-9-. The summed E-state index contributed by atoms with van der Waals surface area (Å²) in [6, 6.07) is 13.5. The molecule has 2 aromatic carbocycles. The fourth-order valence-electron chi connectivity index (χ4n) is 1.96. The van der Waals surface area contributed by atoms with Crippen molar-refractivity contribution in [3.05, 3.63) is 70.5 Å². The molecule has 0 unspecified atom stereocenters. The van der Waals surface area contributed by atoms with Crippen LogP contribution in [0.1, 0.15) is 11.1 Å². The van der Waals surface area contributed by atoms with Crippen molar-refractivity contribution in [2.75, 3.05) is 5.75 Å². The van der Waals surface area contributed by atoms with Crippen LogP contribution in [-0.2, 0) is 10.5 Å². The van der Waals surface area contributed by atoms with E-state index in [2.05, 4.69) is 20.7 Å². The van der Waals surface area contributed by atoms with Gasteiger partial charge in [0.1, 0.15) is 5.82 Å². The van der Waals surface area contributed by atoms with Gasteiger partial charge in [0.05, 0.1) is 12.0 Å². The van der Waals surface area contributed by atoms with E-state index in [1.165, 1.54) is 41.4 Å². The molecule has 0 aliphatic rings. The molecule has 1 aromatic heterocycles. The molecule has 10 heteroatoms. The van der Waals surface area contributed by atoms with Gasteiger partial charge >= 0.3 is 0 Å². The molecule has 1 N–H and O–H groups in total. The Kier molecular flexibility index (Phi) is 7.84. The van der Waals surface area contributed by atoms with E-state index in [0.29, 0.717) is 15.7 Å². The summed E-state index contributed by atoms with van der Waals surface area (Å²) < 4.78 is 14.3. The molecule has 1 amide bonds. The number of hydrazone groups is 1. The summed E-state index contributed by atoms with van der Waals surface area (Å²) in [6.07, 6.45) is 1.45. The molecular weight excluding hydrogens is 439 g/mol. The molecule has 0 aliphatic carbocycles. The van der Waals surface area contributed by atoms with Crippen LogP contribution in [0.4, 0.5) is 4.39 Å². The first-order valence-electron chi connectivity index (χ1n) is 8.00. The lowest BCUT2D eigenvalue weighted by atomic mass is 10.2. The summed E-state index contributed by atoms with van der Waals surface area (Å²) >= 11 is 10.4. The predicted molar refractivity (Wildman–Crippen MR) is 114 cm³/mol. The number of nitrogens with zero attached hydrogens (tertiary/aromatic N) is 3. The summed E-state index contributed by atoms with van der Waals surface area (Å²) in [7, 11) is 0. The van der Waals surface area contributed by atoms with Crippen LogP contribution in [0.25, 0.3) is 0 Å². The zero-order valence-electron chi connectivity index (χ0n) is 14.3. The van der Waals surface area contributed by atoms with E-state index in [1.807, 2.05) is 24.3 Å². The second kappa shape index (κ2) is 10.6. The monoisotopic (exact) mass is 452 g/mol. The maximum atomic E-state index is 12.8. The van der Waals surface area contributed by atoms with E-state index in [4.69, 9.17) is 11.6 Å². The van der Waals surface area contributed by atoms with Gasteiger partial charge in [-0.15, -0.1) is 10.2 Å². The minimum absolute atomic E-state index is 0.171. The molecule has 144 valence electrons. The van der Waals surface area contributed by atoms with E-state index in [-0.39, 0.29) is 17.5 Å². The molecule has 0 spiro atoms. The van der Waals surface area contributed by atoms with Crippen LogP contribution in [0.2, 0.25) is 5.02 Å². The molecule has 0 saturated heterocycles. The van der Waals surface area contributed by atoms with Gasteiger partial charge in [-0.2, -0.15) is 5.10 Å². The van der Waals surface area contributed by atoms with Crippen molar-refractivity contribution in [3.8, 4) is 0 Å². The smallest absolute Gasteiger partial charge is 0.250 e. The predicted octanol–water partition coefficient (Wildman–Crippen LogP) is 4.87. The second-order valence-electron chi connectivity index (χ2n) is 5.35. The van der Waals surface area contributed by atoms with Crippen LogP contribution in [-0.4, -0.2) is 28.1 Å². The molecule has 1 heterocycles. The molecule has 0 atom stereocenters. The van der Waals surface area contributed by atoms with Crippen LogP contribution in [0, 0.1) is 5.82 Å². The SMILES string of the molecule is O=C(CSc1nnc(SCc2ccccc2Cl)s1)N/N=C\c1ccc(F)cc1. The Labute approximate surface area is 178 Å². The minimum atomic E-state index is -0.320. The third-order valence-corrected chi connectivity index (χ3v) is 6.90. The van der Waals surface area contributed by atoms with Gasteiger partial charge in [0, 0.05) is 10.8 Å². The summed E-state index contributed by atoms with van der Waals surface area (Å²) in [5, 5.41) is 12.8. The summed E-state index contributed by atoms with van der Waals surface area (Å²) in [5.41, 5.74) is 4.16. The number of nitrogens with one attached hydrogen (secondary N) is 1. The number of halogens is 2. The fourth-order valence-corrected chi connectivity index (χ4v) is 5.05. The highest BCUT2D eigenvalue weighted by atomic mass is 35.5. The largest absolute Gasteiger partial charge is 0.272 e. The van der Waals surface area contributed by atoms with Crippen molar-refractivity contribution < 1.29 is 9.18 Å². The van der Waals surface area contributed by atoms with E-state index >= 15 is 0 Å².